The van der Waals surface area contributed by atoms with Crippen molar-refractivity contribution in [2.24, 2.45) is 5.92 Å². The summed E-state index contributed by atoms with van der Waals surface area (Å²) < 4.78 is 5.91. The van der Waals surface area contributed by atoms with E-state index in [9.17, 15) is 4.79 Å². The molecule has 0 radical (unpaired) electrons. The summed E-state index contributed by atoms with van der Waals surface area (Å²) in [6.45, 7) is 12.4. The Bertz CT molecular complexity index is 831. The van der Waals surface area contributed by atoms with Crippen LogP contribution in [-0.4, -0.2) is 25.1 Å². The largest absolute Gasteiger partial charge is 0.481 e. The van der Waals surface area contributed by atoms with Gasteiger partial charge in [-0.2, -0.15) is 0 Å². The van der Waals surface area contributed by atoms with Crippen molar-refractivity contribution >= 4 is 11.6 Å². The summed E-state index contributed by atoms with van der Waals surface area (Å²) in [6, 6.07) is 14.4. The van der Waals surface area contributed by atoms with Gasteiger partial charge in [0.25, 0.3) is 5.91 Å². The summed E-state index contributed by atoms with van der Waals surface area (Å²) >= 11 is 0. The molecule has 4 nitrogen and oxygen atoms in total. The second-order valence-corrected chi connectivity index (χ2v) is 8.47. The smallest absolute Gasteiger partial charge is 0.261 e. The van der Waals surface area contributed by atoms with E-state index in [0.717, 1.165) is 41.4 Å². The highest BCUT2D eigenvalue weighted by Gasteiger charge is 2.20. The first kappa shape index (κ1) is 21.2. The van der Waals surface area contributed by atoms with E-state index in [4.69, 9.17) is 4.74 Å². The molecule has 3 rings (SSSR count). The van der Waals surface area contributed by atoms with Crippen LogP contribution in [0.5, 0.6) is 5.75 Å². The molecule has 4 heteroatoms. The summed E-state index contributed by atoms with van der Waals surface area (Å²) in [7, 11) is 0. The fourth-order valence-corrected chi connectivity index (χ4v) is 3.91. The SMILES string of the molecule is Cc1cccc(O[C@@H](C)C(=O)N[C@H](C)c2ccc(N3CCC[C@@H](C)C3)cc2)c1C. The summed E-state index contributed by atoms with van der Waals surface area (Å²) in [5, 5.41) is 3.08. The Morgan fingerprint density at radius 2 is 1.86 bits per heavy atom. The van der Waals surface area contributed by atoms with Crippen LogP contribution in [0.1, 0.15) is 56.3 Å². The Kier molecular flexibility index (Phi) is 6.83. The first-order chi connectivity index (χ1) is 13.8. The van der Waals surface area contributed by atoms with Gasteiger partial charge < -0.3 is 15.0 Å². The lowest BCUT2D eigenvalue weighted by molar-refractivity contribution is -0.127. The van der Waals surface area contributed by atoms with E-state index in [1.807, 2.05) is 39.0 Å². The average Bonchev–Trinajstić information content (AvgIpc) is 2.71. The van der Waals surface area contributed by atoms with E-state index in [2.05, 4.69) is 41.4 Å². The van der Waals surface area contributed by atoms with Crippen molar-refractivity contribution in [1.29, 1.82) is 0 Å². The quantitative estimate of drug-likeness (QED) is 0.733. The molecule has 2 aromatic carbocycles. The van der Waals surface area contributed by atoms with Crippen molar-refractivity contribution in [2.75, 3.05) is 18.0 Å². The number of ether oxygens (including phenoxy) is 1. The van der Waals surface area contributed by atoms with Crippen LogP contribution in [-0.2, 0) is 4.79 Å². The van der Waals surface area contributed by atoms with Crippen LogP contribution in [0, 0.1) is 19.8 Å². The molecule has 0 aliphatic carbocycles. The monoisotopic (exact) mass is 394 g/mol. The summed E-state index contributed by atoms with van der Waals surface area (Å²) in [4.78, 5) is 15.1. The third-order valence-electron chi connectivity index (χ3n) is 6.00. The molecular weight excluding hydrogens is 360 g/mol. The zero-order valence-electron chi connectivity index (χ0n) is 18.4. The van der Waals surface area contributed by atoms with Crippen LogP contribution in [0.4, 0.5) is 5.69 Å². The van der Waals surface area contributed by atoms with Gasteiger partial charge in [-0.25, -0.2) is 0 Å². The molecule has 0 spiro atoms. The van der Waals surface area contributed by atoms with Crippen LogP contribution in [0.3, 0.4) is 0 Å². The zero-order valence-corrected chi connectivity index (χ0v) is 18.4. The molecule has 29 heavy (non-hydrogen) atoms. The number of benzene rings is 2. The Morgan fingerprint density at radius 3 is 2.55 bits per heavy atom. The van der Waals surface area contributed by atoms with Crippen LogP contribution < -0.4 is 15.0 Å². The number of rotatable bonds is 6. The molecule has 0 bridgehead atoms. The number of carbonyl (C=O) groups is 1. The fraction of sp³-hybridized carbons (Fsp3) is 0.480. The van der Waals surface area contributed by atoms with Crippen molar-refractivity contribution < 1.29 is 9.53 Å². The van der Waals surface area contributed by atoms with E-state index >= 15 is 0 Å². The van der Waals surface area contributed by atoms with E-state index in [0.29, 0.717) is 0 Å². The summed E-state index contributed by atoms with van der Waals surface area (Å²) in [5.74, 6) is 1.41. The molecule has 0 saturated carbocycles. The fourth-order valence-electron chi connectivity index (χ4n) is 3.91. The van der Waals surface area contributed by atoms with E-state index in [-0.39, 0.29) is 11.9 Å². The average molecular weight is 395 g/mol. The Morgan fingerprint density at radius 1 is 1.14 bits per heavy atom. The maximum Gasteiger partial charge on any atom is 0.261 e. The highest BCUT2D eigenvalue weighted by molar-refractivity contribution is 5.81. The molecule has 0 unspecified atom stereocenters. The minimum atomic E-state index is -0.549. The first-order valence-corrected chi connectivity index (χ1v) is 10.7. The number of hydrogen-bond donors (Lipinski definition) is 1. The lowest BCUT2D eigenvalue weighted by Gasteiger charge is -2.33. The van der Waals surface area contributed by atoms with Gasteiger partial charge >= 0.3 is 0 Å². The number of amides is 1. The molecule has 2 aromatic rings. The molecule has 1 saturated heterocycles. The summed E-state index contributed by atoms with van der Waals surface area (Å²) in [6.07, 6.45) is 2.03. The van der Waals surface area contributed by atoms with Gasteiger partial charge in [-0.15, -0.1) is 0 Å². The van der Waals surface area contributed by atoms with Crippen molar-refractivity contribution in [1.82, 2.24) is 5.32 Å². The molecule has 156 valence electrons. The van der Waals surface area contributed by atoms with Crippen LogP contribution in [0.15, 0.2) is 42.5 Å². The minimum absolute atomic E-state index is 0.0681. The van der Waals surface area contributed by atoms with Gasteiger partial charge in [0.05, 0.1) is 6.04 Å². The Labute approximate surface area is 175 Å². The van der Waals surface area contributed by atoms with Gasteiger partial charge in [0.15, 0.2) is 6.10 Å². The van der Waals surface area contributed by atoms with Crippen molar-refractivity contribution in [2.45, 2.75) is 59.6 Å². The van der Waals surface area contributed by atoms with Crippen molar-refractivity contribution in [3.05, 3.63) is 59.2 Å². The number of nitrogens with one attached hydrogen (secondary N) is 1. The second-order valence-electron chi connectivity index (χ2n) is 8.47. The first-order valence-electron chi connectivity index (χ1n) is 10.7. The third kappa shape index (κ3) is 5.31. The number of piperidine rings is 1. The van der Waals surface area contributed by atoms with Gasteiger partial charge in [0.2, 0.25) is 0 Å². The number of aryl methyl sites for hydroxylation is 1. The van der Waals surface area contributed by atoms with Gasteiger partial charge in [-0.1, -0.05) is 31.2 Å². The van der Waals surface area contributed by atoms with Gasteiger partial charge in [-0.05, 0) is 81.3 Å². The molecule has 1 amide bonds. The van der Waals surface area contributed by atoms with Crippen LogP contribution in [0.2, 0.25) is 0 Å². The normalized spacial score (nSPS) is 18.8. The molecule has 0 aromatic heterocycles. The lowest BCUT2D eigenvalue weighted by Crippen LogP contribution is -2.38. The topological polar surface area (TPSA) is 41.6 Å². The Hall–Kier alpha value is -2.49. The van der Waals surface area contributed by atoms with Crippen molar-refractivity contribution in [3.63, 3.8) is 0 Å². The van der Waals surface area contributed by atoms with E-state index in [1.165, 1.54) is 18.5 Å². The van der Waals surface area contributed by atoms with Gasteiger partial charge in [-0.3, -0.25) is 4.79 Å². The molecular formula is C25H34N2O2. The second kappa shape index (κ2) is 9.34. The van der Waals surface area contributed by atoms with Crippen LogP contribution >= 0.6 is 0 Å². The lowest BCUT2D eigenvalue weighted by atomic mass is 9.99. The molecule has 1 N–H and O–H groups in total. The molecule has 1 heterocycles. The maximum atomic E-state index is 12.6. The molecule has 1 aliphatic heterocycles. The predicted molar refractivity (Wildman–Crippen MR) is 120 cm³/mol. The minimum Gasteiger partial charge on any atom is -0.481 e. The maximum absolute atomic E-state index is 12.6. The molecule has 3 atom stereocenters. The van der Waals surface area contributed by atoms with E-state index in [1.54, 1.807) is 6.92 Å². The standard InChI is InChI=1S/C25H34N2O2/c1-17-8-7-15-27(16-17)23-13-11-22(12-14-23)20(4)26-25(28)21(5)29-24-10-6-9-18(2)19(24)3/h6,9-14,17,20-21H,7-8,15-16H2,1-5H3,(H,26,28)/t17-,20-,21+/m1/s1. The molecule has 1 fully saturated rings. The highest BCUT2D eigenvalue weighted by atomic mass is 16.5. The number of carbonyl (C=O) groups excluding carboxylic acids is 1. The number of nitrogens with zero attached hydrogens (tertiary/aromatic N) is 1. The summed E-state index contributed by atoms with van der Waals surface area (Å²) in [5.41, 5.74) is 4.60. The van der Waals surface area contributed by atoms with Crippen molar-refractivity contribution in [3.8, 4) is 5.75 Å². The number of anilines is 1. The predicted octanol–water partition coefficient (Wildman–Crippen LogP) is 5.18. The Balaban J connectivity index is 1.58. The highest BCUT2D eigenvalue weighted by Crippen LogP contribution is 2.25. The number of hydrogen-bond acceptors (Lipinski definition) is 3. The third-order valence-corrected chi connectivity index (χ3v) is 6.00. The van der Waals surface area contributed by atoms with Gasteiger partial charge in [0.1, 0.15) is 5.75 Å². The zero-order chi connectivity index (χ0) is 21.0. The van der Waals surface area contributed by atoms with Crippen LogP contribution in [0.25, 0.3) is 0 Å². The molecule has 1 aliphatic rings. The van der Waals surface area contributed by atoms with E-state index < -0.39 is 6.10 Å². The van der Waals surface area contributed by atoms with Gasteiger partial charge in [0, 0.05) is 18.8 Å².